The quantitative estimate of drug-likeness (QED) is 0.244. The first-order valence-electron chi connectivity index (χ1n) is 9.78. The van der Waals surface area contributed by atoms with Crippen molar-refractivity contribution in [3.05, 3.63) is 41.3 Å². The molecule has 9 heteroatoms. The molecule has 0 spiro atoms. The Bertz CT molecular complexity index is 772. The third-order valence-corrected chi connectivity index (χ3v) is 4.57. The monoisotopic (exact) mass is 514 g/mol. The Hall–Kier alpha value is -1.72. The van der Waals surface area contributed by atoms with Crippen molar-refractivity contribution in [2.24, 2.45) is 4.99 Å². The summed E-state index contributed by atoms with van der Waals surface area (Å²) in [5.41, 5.74) is 3.14. The van der Waals surface area contributed by atoms with E-state index >= 15 is 0 Å². The fourth-order valence-electron chi connectivity index (χ4n) is 3.09. The van der Waals surface area contributed by atoms with E-state index in [4.69, 9.17) is 9.47 Å². The van der Waals surface area contributed by atoms with Crippen LogP contribution in [0.15, 0.2) is 29.4 Å². The molecule has 1 aliphatic rings. The van der Waals surface area contributed by atoms with Gasteiger partial charge in [-0.25, -0.2) is 9.67 Å². The van der Waals surface area contributed by atoms with Crippen LogP contribution in [0.5, 0.6) is 0 Å². The highest BCUT2D eigenvalue weighted by Crippen LogP contribution is 2.10. The van der Waals surface area contributed by atoms with Crippen molar-refractivity contribution < 1.29 is 9.47 Å². The van der Waals surface area contributed by atoms with E-state index in [2.05, 4.69) is 31.8 Å². The zero-order valence-corrected chi connectivity index (χ0v) is 19.7. The van der Waals surface area contributed by atoms with E-state index in [1.807, 2.05) is 36.9 Å². The highest BCUT2D eigenvalue weighted by atomic mass is 127. The molecule has 2 aromatic rings. The Labute approximate surface area is 189 Å². The van der Waals surface area contributed by atoms with Crippen molar-refractivity contribution in [1.29, 1.82) is 0 Å². The average Bonchev–Trinajstić information content (AvgIpc) is 3.33. The van der Waals surface area contributed by atoms with Crippen LogP contribution >= 0.6 is 24.0 Å². The Morgan fingerprint density at radius 1 is 1.34 bits per heavy atom. The molecular weight excluding hydrogens is 483 g/mol. The first-order chi connectivity index (χ1) is 13.7. The number of aryl methyl sites for hydroxylation is 2. The molecule has 0 aromatic carbocycles. The molecule has 3 heterocycles. The molecule has 0 amide bonds. The van der Waals surface area contributed by atoms with Crippen LogP contribution in [-0.2, 0) is 16.0 Å². The summed E-state index contributed by atoms with van der Waals surface area (Å²) < 4.78 is 12.9. The highest BCUT2D eigenvalue weighted by Gasteiger charge is 2.15. The molecule has 3 rings (SSSR count). The summed E-state index contributed by atoms with van der Waals surface area (Å²) in [5, 5.41) is 11.1. The molecule has 0 aliphatic carbocycles. The number of aliphatic imine (C=N–C) groups is 1. The van der Waals surface area contributed by atoms with E-state index in [1.54, 1.807) is 7.05 Å². The standard InChI is InChI=1S/C20H30N6O2.HI/c1-15-11-16(2)26(25-15)19-6-5-17(12-23-19)13-24-20(21-3)22-8-4-9-28-18-7-10-27-14-18;/h5-6,11-12,18H,4,7-10,13-14H2,1-3H3,(H2,21,22,24);1H. The molecule has 1 unspecified atom stereocenters. The number of ether oxygens (including phenoxy) is 2. The van der Waals surface area contributed by atoms with Gasteiger partial charge < -0.3 is 20.1 Å². The first-order valence-corrected chi connectivity index (χ1v) is 9.78. The maximum atomic E-state index is 5.76. The summed E-state index contributed by atoms with van der Waals surface area (Å²) in [6.07, 6.45) is 4.06. The lowest BCUT2D eigenvalue weighted by Gasteiger charge is -2.13. The third kappa shape index (κ3) is 7.23. The zero-order valence-electron chi connectivity index (χ0n) is 17.4. The summed E-state index contributed by atoms with van der Waals surface area (Å²) in [6, 6.07) is 6.08. The van der Waals surface area contributed by atoms with Gasteiger partial charge >= 0.3 is 0 Å². The number of nitrogens with one attached hydrogen (secondary N) is 2. The largest absolute Gasteiger partial charge is 0.379 e. The second-order valence-electron chi connectivity index (χ2n) is 6.93. The van der Waals surface area contributed by atoms with Gasteiger partial charge in [0.05, 0.1) is 18.4 Å². The predicted molar refractivity (Wildman–Crippen MR) is 124 cm³/mol. The number of rotatable bonds is 8. The van der Waals surface area contributed by atoms with Gasteiger partial charge in [0.25, 0.3) is 0 Å². The molecule has 29 heavy (non-hydrogen) atoms. The molecule has 8 nitrogen and oxygen atoms in total. The summed E-state index contributed by atoms with van der Waals surface area (Å²) in [4.78, 5) is 8.78. The number of halogens is 1. The number of aromatic nitrogens is 3. The molecule has 1 aliphatic heterocycles. The first kappa shape index (κ1) is 23.6. The Balaban J connectivity index is 0.00000300. The van der Waals surface area contributed by atoms with Crippen molar-refractivity contribution in [3.63, 3.8) is 0 Å². The lowest BCUT2D eigenvalue weighted by molar-refractivity contribution is 0.0420. The summed E-state index contributed by atoms with van der Waals surface area (Å²) in [5.74, 6) is 1.59. The molecule has 1 saturated heterocycles. The van der Waals surface area contributed by atoms with Crippen LogP contribution < -0.4 is 10.6 Å². The van der Waals surface area contributed by atoms with Crippen LogP contribution in [0.2, 0.25) is 0 Å². The number of hydrogen-bond acceptors (Lipinski definition) is 5. The second kappa shape index (κ2) is 12.1. The molecule has 1 fully saturated rings. The SMILES string of the molecule is CN=C(NCCCOC1CCOC1)NCc1ccc(-n2nc(C)cc2C)nc1.I. The van der Waals surface area contributed by atoms with E-state index in [9.17, 15) is 0 Å². The van der Waals surface area contributed by atoms with Gasteiger partial charge in [-0.15, -0.1) is 24.0 Å². The molecule has 2 N–H and O–H groups in total. The molecule has 0 radical (unpaired) electrons. The molecule has 0 bridgehead atoms. The molecule has 0 saturated carbocycles. The highest BCUT2D eigenvalue weighted by molar-refractivity contribution is 14.0. The van der Waals surface area contributed by atoms with Crippen LogP contribution in [0.3, 0.4) is 0 Å². The van der Waals surface area contributed by atoms with Crippen molar-refractivity contribution in [1.82, 2.24) is 25.4 Å². The zero-order chi connectivity index (χ0) is 19.8. The predicted octanol–water partition coefficient (Wildman–Crippen LogP) is 2.36. The van der Waals surface area contributed by atoms with Crippen LogP contribution in [0.1, 0.15) is 29.8 Å². The second-order valence-corrected chi connectivity index (χ2v) is 6.93. The normalized spacial score (nSPS) is 16.5. The summed E-state index contributed by atoms with van der Waals surface area (Å²) in [6.45, 7) is 7.74. The van der Waals surface area contributed by atoms with E-state index < -0.39 is 0 Å². The summed E-state index contributed by atoms with van der Waals surface area (Å²) >= 11 is 0. The third-order valence-electron chi connectivity index (χ3n) is 4.57. The van der Waals surface area contributed by atoms with Crippen LogP contribution in [0.4, 0.5) is 0 Å². The minimum atomic E-state index is 0. The summed E-state index contributed by atoms with van der Waals surface area (Å²) in [7, 11) is 1.77. The number of hydrogen-bond donors (Lipinski definition) is 2. The van der Waals surface area contributed by atoms with Gasteiger partial charge in [0.15, 0.2) is 11.8 Å². The van der Waals surface area contributed by atoms with Gasteiger partial charge in [0, 0.05) is 45.2 Å². The van der Waals surface area contributed by atoms with Crippen LogP contribution in [-0.4, -0.2) is 60.2 Å². The number of nitrogens with zero attached hydrogens (tertiary/aromatic N) is 4. The molecule has 1 atom stereocenters. The maximum absolute atomic E-state index is 5.76. The van der Waals surface area contributed by atoms with Crippen molar-refractivity contribution >= 4 is 29.9 Å². The van der Waals surface area contributed by atoms with E-state index in [-0.39, 0.29) is 30.1 Å². The lowest BCUT2D eigenvalue weighted by Crippen LogP contribution is -2.37. The molecular formula is C20H31IN6O2. The topological polar surface area (TPSA) is 85.6 Å². The van der Waals surface area contributed by atoms with Gasteiger partial charge in [-0.2, -0.15) is 5.10 Å². The minimum Gasteiger partial charge on any atom is -0.379 e. The van der Waals surface area contributed by atoms with Crippen LogP contribution in [0, 0.1) is 13.8 Å². The smallest absolute Gasteiger partial charge is 0.191 e. The molecule has 2 aromatic heterocycles. The average molecular weight is 514 g/mol. The molecule has 160 valence electrons. The number of guanidine groups is 1. The van der Waals surface area contributed by atoms with Crippen molar-refractivity contribution in [2.75, 3.05) is 33.4 Å². The van der Waals surface area contributed by atoms with E-state index in [0.29, 0.717) is 6.54 Å². The maximum Gasteiger partial charge on any atom is 0.191 e. The lowest BCUT2D eigenvalue weighted by atomic mass is 10.3. The minimum absolute atomic E-state index is 0. The van der Waals surface area contributed by atoms with Gasteiger partial charge in [-0.3, -0.25) is 4.99 Å². The van der Waals surface area contributed by atoms with Crippen molar-refractivity contribution in [3.8, 4) is 5.82 Å². The van der Waals surface area contributed by atoms with Gasteiger partial charge in [-0.05, 0) is 44.4 Å². The van der Waals surface area contributed by atoms with Gasteiger partial charge in [-0.1, -0.05) is 6.07 Å². The Kier molecular flexibility index (Phi) is 9.82. The number of pyridine rings is 1. The fourth-order valence-corrected chi connectivity index (χ4v) is 3.09. The van der Waals surface area contributed by atoms with E-state index in [0.717, 1.165) is 67.9 Å². The fraction of sp³-hybridized carbons (Fsp3) is 0.550. The Morgan fingerprint density at radius 2 is 2.21 bits per heavy atom. The van der Waals surface area contributed by atoms with Gasteiger partial charge in [0.1, 0.15) is 0 Å². The van der Waals surface area contributed by atoms with Crippen molar-refractivity contribution in [2.45, 2.75) is 39.3 Å². The van der Waals surface area contributed by atoms with Gasteiger partial charge in [0.2, 0.25) is 0 Å². The van der Waals surface area contributed by atoms with E-state index in [1.165, 1.54) is 0 Å². The van der Waals surface area contributed by atoms with Crippen LogP contribution in [0.25, 0.3) is 5.82 Å². The Morgan fingerprint density at radius 3 is 2.83 bits per heavy atom.